The maximum atomic E-state index is 11.5. The molecule has 1 unspecified atom stereocenters. The second-order valence-electron chi connectivity index (χ2n) is 9.68. The number of ether oxygens (including phenoxy) is 2. The van der Waals surface area contributed by atoms with Crippen LogP contribution in [0.5, 0.6) is 11.5 Å². The number of carbonyl (C=O) groups is 4. The van der Waals surface area contributed by atoms with E-state index in [1.54, 1.807) is 24.5 Å². The first-order chi connectivity index (χ1) is 22.4. The fraction of sp³-hybridized carbons (Fsp3) is 0.118. The van der Waals surface area contributed by atoms with Gasteiger partial charge in [-0.25, -0.2) is 0 Å². The van der Waals surface area contributed by atoms with E-state index in [0.717, 1.165) is 70.4 Å². The van der Waals surface area contributed by atoms with Crippen LogP contribution in [-0.2, 0) is 22.4 Å². The van der Waals surface area contributed by atoms with Gasteiger partial charge in [0.15, 0.2) is 0 Å². The van der Waals surface area contributed by atoms with Crippen molar-refractivity contribution in [3.8, 4) is 11.5 Å². The van der Waals surface area contributed by atoms with E-state index in [0.29, 0.717) is 23.0 Å². The first kappa shape index (κ1) is 35.1. The number of hydrogen-bond acceptors (Lipinski definition) is 10. The Bertz CT molecular complexity index is 1620. The van der Waals surface area contributed by atoms with Crippen molar-refractivity contribution in [2.24, 2.45) is 0 Å². The quantitative estimate of drug-likeness (QED) is 0.149. The maximum absolute atomic E-state index is 11.5. The summed E-state index contributed by atoms with van der Waals surface area (Å²) in [6, 6.07) is 26.3. The van der Waals surface area contributed by atoms with Gasteiger partial charge >= 0.3 is 0 Å². The third kappa shape index (κ3) is 11.2. The average Bonchev–Trinajstić information content (AvgIpc) is 3.56. The molecule has 2 aliphatic heterocycles. The molecule has 4 heterocycles. The monoisotopic (exact) mass is 686 g/mol. The molecule has 2 N–H and O–H groups in total. The van der Waals surface area contributed by atoms with Gasteiger partial charge in [-0.1, -0.05) is 36.4 Å². The molecule has 1 atom stereocenters. The molecule has 0 bridgehead atoms. The van der Waals surface area contributed by atoms with Gasteiger partial charge in [0.2, 0.25) is 0 Å². The fourth-order valence-electron chi connectivity index (χ4n) is 4.10. The number of benzene rings is 2. The molecule has 13 heteroatoms. The average molecular weight is 687 g/mol. The van der Waals surface area contributed by atoms with Gasteiger partial charge < -0.3 is 9.47 Å². The zero-order valence-corrected chi connectivity index (χ0v) is 28.1. The van der Waals surface area contributed by atoms with Crippen molar-refractivity contribution in [2.45, 2.75) is 12.8 Å². The molecule has 6 rings (SSSR count). The molecule has 4 amide bonds. The second-order valence-corrected chi connectivity index (χ2v) is 11.7. The van der Waals surface area contributed by atoms with E-state index in [2.05, 4.69) is 20.6 Å². The van der Waals surface area contributed by atoms with E-state index in [-0.39, 0.29) is 32.2 Å². The molecule has 2 aliphatic rings. The lowest BCUT2D eigenvalue weighted by molar-refractivity contribution is -0.116. The van der Waals surface area contributed by atoms with Crippen LogP contribution in [0.4, 0.5) is 9.59 Å². The zero-order valence-electron chi connectivity index (χ0n) is 25.1. The molecule has 4 aromatic rings. The molecule has 0 spiro atoms. The van der Waals surface area contributed by atoms with Crippen molar-refractivity contribution in [3.05, 3.63) is 130 Å². The SMILES string of the molecule is O=C1NC(=O)C(=Cc2ccc(OCCc3ccccn3)cc2)S1.O=C1NC(=O)C(=Cc2ccc(OCCc3ccccn3)cc2)S1.P. The van der Waals surface area contributed by atoms with E-state index < -0.39 is 0 Å². The Labute approximate surface area is 283 Å². The highest BCUT2D eigenvalue weighted by Gasteiger charge is 2.25. The Kier molecular flexibility index (Phi) is 13.3. The Morgan fingerprint density at radius 1 is 0.574 bits per heavy atom. The summed E-state index contributed by atoms with van der Waals surface area (Å²) in [5.74, 6) is 0.803. The largest absolute Gasteiger partial charge is 0.493 e. The number of imide groups is 2. The number of rotatable bonds is 10. The summed E-state index contributed by atoms with van der Waals surface area (Å²) >= 11 is 1.82. The molecule has 0 saturated carbocycles. The molecule has 240 valence electrons. The topological polar surface area (TPSA) is 137 Å². The minimum absolute atomic E-state index is 0. The van der Waals surface area contributed by atoms with E-state index in [1.165, 1.54) is 0 Å². The van der Waals surface area contributed by atoms with Gasteiger partial charge in [-0.15, -0.1) is 0 Å². The highest BCUT2D eigenvalue weighted by atomic mass is 32.2. The van der Waals surface area contributed by atoms with Gasteiger partial charge in [0.25, 0.3) is 22.3 Å². The number of amides is 4. The van der Waals surface area contributed by atoms with E-state index in [9.17, 15) is 19.2 Å². The highest BCUT2D eigenvalue weighted by molar-refractivity contribution is 8.18. The number of thioether (sulfide) groups is 2. The minimum Gasteiger partial charge on any atom is -0.493 e. The van der Waals surface area contributed by atoms with Gasteiger partial charge in [0.05, 0.1) is 23.0 Å². The third-order valence-corrected chi connectivity index (χ3v) is 7.97. The summed E-state index contributed by atoms with van der Waals surface area (Å²) in [4.78, 5) is 54.5. The summed E-state index contributed by atoms with van der Waals surface area (Å²) in [6.07, 6.45) is 8.38. The molecular formula is C34H31N4O6PS2. The van der Waals surface area contributed by atoms with E-state index in [4.69, 9.17) is 9.47 Å². The zero-order chi connectivity index (χ0) is 32.1. The smallest absolute Gasteiger partial charge is 0.290 e. The molecule has 2 aromatic heterocycles. The molecule has 0 radical (unpaired) electrons. The predicted molar refractivity (Wildman–Crippen MR) is 189 cm³/mol. The Hall–Kier alpha value is -4.77. The van der Waals surface area contributed by atoms with E-state index in [1.807, 2.05) is 84.9 Å². The van der Waals surface area contributed by atoms with Crippen molar-refractivity contribution in [3.63, 3.8) is 0 Å². The molecule has 0 aliphatic carbocycles. The highest BCUT2D eigenvalue weighted by Crippen LogP contribution is 2.27. The van der Waals surface area contributed by atoms with Gasteiger partial charge in [0, 0.05) is 36.6 Å². The van der Waals surface area contributed by atoms with Crippen molar-refractivity contribution in [1.82, 2.24) is 20.6 Å². The lowest BCUT2D eigenvalue weighted by Crippen LogP contribution is -2.17. The van der Waals surface area contributed by atoms with Gasteiger partial charge in [-0.05, 0) is 95.3 Å². The van der Waals surface area contributed by atoms with Crippen molar-refractivity contribution < 1.29 is 28.7 Å². The van der Waals surface area contributed by atoms with E-state index >= 15 is 0 Å². The number of hydrogen-bond donors (Lipinski definition) is 2. The van der Waals surface area contributed by atoms with Gasteiger partial charge in [-0.3, -0.25) is 39.8 Å². The summed E-state index contributed by atoms with van der Waals surface area (Å²) in [5.41, 5.74) is 3.66. The third-order valence-electron chi connectivity index (χ3n) is 6.35. The summed E-state index contributed by atoms with van der Waals surface area (Å²) < 4.78 is 11.3. The summed E-state index contributed by atoms with van der Waals surface area (Å²) in [6.45, 7) is 1.09. The standard InChI is InChI=1S/2C17H14N2O3S.H3P/c2*20-16-15(23-17(21)19-16)11-12-4-6-14(7-5-12)22-10-8-13-3-1-2-9-18-13;/h2*1-7,9,11H,8,10H2,(H,19,20,21);1H3. The Balaban J connectivity index is 0.000000208. The van der Waals surface area contributed by atoms with Crippen LogP contribution < -0.4 is 20.1 Å². The number of nitrogens with one attached hydrogen (secondary N) is 2. The lowest BCUT2D eigenvalue weighted by Gasteiger charge is -2.06. The van der Waals surface area contributed by atoms with Crippen LogP contribution in [0.1, 0.15) is 22.5 Å². The molecule has 2 saturated heterocycles. The van der Waals surface area contributed by atoms with Crippen LogP contribution in [-0.4, -0.2) is 45.5 Å². The molecular weight excluding hydrogens is 656 g/mol. The van der Waals surface area contributed by atoms with Crippen molar-refractivity contribution in [2.75, 3.05) is 13.2 Å². The molecule has 47 heavy (non-hydrogen) atoms. The molecule has 2 fully saturated rings. The molecule has 2 aromatic carbocycles. The van der Waals surface area contributed by atoms with Crippen LogP contribution in [0.3, 0.4) is 0 Å². The summed E-state index contributed by atoms with van der Waals surface area (Å²) in [5, 5.41) is 3.78. The second kappa shape index (κ2) is 17.8. The molecule has 10 nitrogen and oxygen atoms in total. The number of pyridine rings is 2. The van der Waals surface area contributed by atoms with Gasteiger partial charge in [-0.2, -0.15) is 9.90 Å². The van der Waals surface area contributed by atoms with Crippen molar-refractivity contribution in [1.29, 1.82) is 0 Å². The normalized spacial score (nSPS) is 15.4. The van der Waals surface area contributed by atoms with Crippen LogP contribution in [0, 0.1) is 0 Å². The first-order valence-electron chi connectivity index (χ1n) is 14.2. The van der Waals surface area contributed by atoms with Crippen LogP contribution in [0.25, 0.3) is 12.2 Å². The lowest BCUT2D eigenvalue weighted by atomic mass is 10.2. The van der Waals surface area contributed by atoms with Crippen LogP contribution in [0.2, 0.25) is 0 Å². The maximum Gasteiger partial charge on any atom is 0.290 e. The fourth-order valence-corrected chi connectivity index (χ4v) is 5.47. The number of carbonyl (C=O) groups excluding carboxylic acids is 4. The Morgan fingerprint density at radius 2 is 0.979 bits per heavy atom. The van der Waals surface area contributed by atoms with Crippen LogP contribution in [0.15, 0.2) is 107 Å². The van der Waals surface area contributed by atoms with Gasteiger partial charge in [0.1, 0.15) is 11.5 Å². The van der Waals surface area contributed by atoms with Crippen LogP contribution >= 0.6 is 33.4 Å². The predicted octanol–water partition coefficient (Wildman–Crippen LogP) is 6.11. The number of aromatic nitrogens is 2. The Morgan fingerprint density at radius 3 is 1.30 bits per heavy atom. The number of nitrogens with zero attached hydrogens (tertiary/aromatic N) is 2. The minimum atomic E-state index is -0.351. The summed E-state index contributed by atoms with van der Waals surface area (Å²) in [7, 11) is 0. The van der Waals surface area contributed by atoms with Crippen molar-refractivity contribution >= 4 is 67.9 Å². The first-order valence-corrected chi connectivity index (χ1v) is 15.8.